The maximum atomic E-state index is 9.90. The maximum Gasteiger partial charge on any atom is 0.189 e. The monoisotopic (exact) mass is 386 g/mol. The van der Waals surface area contributed by atoms with Crippen LogP contribution in [0.15, 0.2) is 23.4 Å². The summed E-state index contributed by atoms with van der Waals surface area (Å²) in [5.74, 6) is 1.93. The van der Waals surface area contributed by atoms with Crippen LogP contribution in [0.5, 0.6) is 11.5 Å². The summed E-state index contributed by atoms with van der Waals surface area (Å²) < 4.78 is 10.7. The number of thioether (sulfide) groups is 1. The lowest BCUT2D eigenvalue weighted by molar-refractivity contribution is 0.355. The molecule has 144 valence electrons. The van der Waals surface area contributed by atoms with Crippen LogP contribution in [0.4, 0.5) is 5.82 Å². The van der Waals surface area contributed by atoms with Crippen molar-refractivity contribution in [3.05, 3.63) is 23.8 Å². The zero-order valence-electron chi connectivity index (χ0n) is 16.6. The molecule has 0 aliphatic heterocycles. The molecule has 1 aromatic heterocycles. The first-order valence-corrected chi connectivity index (χ1v) is 10.2. The summed E-state index contributed by atoms with van der Waals surface area (Å²) in [5, 5.41) is 10.5. The van der Waals surface area contributed by atoms with E-state index in [1.54, 1.807) is 14.2 Å². The number of methoxy groups -OCH3 is 2. The summed E-state index contributed by atoms with van der Waals surface area (Å²) in [6, 6.07) is 7.88. The molecule has 0 saturated carbocycles. The van der Waals surface area contributed by atoms with Gasteiger partial charge in [-0.1, -0.05) is 25.1 Å². The molecular weight excluding hydrogens is 360 g/mol. The van der Waals surface area contributed by atoms with E-state index in [-0.39, 0.29) is 0 Å². The van der Waals surface area contributed by atoms with Crippen molar-refractivity contribution in [1.29, 1.82) is 5.26 Å². The average Bonchev–Trinajstić information content (AvgIpc) is 2.72. The SMILES string of the molecule is CCCCN(CC)c1nc(SC)nc(-c2ccc(OC)c(OC)c2)c1C#N. The third-order valence-electron chi connectivity index (χ3n) is 4.28. The molecule has 0 radical (unpaired) electrons. The number of rotatable bonds is 9. The zero-order valence-corrected chi connectivity index (χ0v) is 17.4. The van der Waals surface area contributed by atoms with Gasteiger partial charge in [-0.2, -0.15) is 5.26 Å². The van der Waals surface area contributed by atoms with Gasteiger partial charge >= 0.3 is 0 Å². The van der Waals surface area contributed by atoms with Gasteiger partial charge in [0, 0.05) is 18.7 Å². The molecule has 0 aliphatic rings. The molecular formula is C20H26N4O2S. The molecule has 7 heteroatoms. The summed E-state index contributed by atoms with van der Waals surface area (Å²) >= 11 is 1.47. The van der Waals surface area contributed by atoms with Crippen LogP contribution in [0.3, 0.4) is 0 Å². The molecule has 1 heterocycles. The van der Waals surface area contributed by atoms with Crippen LogP contribution >= 0.6 is 11.8 Å². The van der Waals surface area contributed by atoms with Gasteiger partial charge in [-0.15, -0.1) is 0 Å². The number of nitrogens with zero attached hydrogens (tertiary/aromatic N) is 4. The number of hydrogen-bond acceptors (Lipinski definition) is 7. The zero-order chi connectivity index (χ0) is 19.8. The van der Waals surface area contributed by atoms with Gasteiger partial charge in [0.1, 0.15) is 11.6 Å². The topological polar surface area (TPSA) is 71.3 Å². The summed E-state index contributed by atoms with van der Waals surface area (Å²) in [4.78, 5) is 11.4. The Morgan fingerprint density at radius 2 is 1.89 bits per heavy atom. The van der Waals surface area contributed by atoms with E-state index in [9.17, 15) is 5.26 Å². The number of aromatic nitrogens is 2. The van der Waals surface area contributed by atoms with Crippen molar-refractivity contribution in [2.24, 2.45) is 0 Å². The van der Waals surface area contributed by atoms with E-state index in [1.807, 2.05) is 24.5 Å². The summed E-state index contributed by atoms with van der Waals surface area (Å²) in [7, 11) is 3.19. The highest BCUT2D eigenvalue weighted by molar-refractivity contribution is 7.98. The van der Waals surface area contributed by atoms with Crippen LogP contribution in [0.2, 0.25) is 0 Å². The fourth-order valence-corrected chi connectivity index (χ4v) is 3.17. The number of anilines is 1. The van der Waals surface area contributed by atoms with Gasteiger partial charge in [-0.25, -0.2) is 9.97 Å². The van der Waals surface area contributed by atoms with Gasteiger partial charge in [-0.05, 0) is 37.8 Å². The molecule has 0 N–H and O–H groups in total. The van der Waals surface area contributed by atoms with Crippen LogP contribution in [0, 0.1) is 11.3 Å². The number of ether oxygens (including phenoxy) is 2. The fourth-order valence-electron chi connectivity index (χ4n) is 2.81. The van der Waals surface area contributed by atoms with E-state index in [2.05, 4.69) is 34.8 Å². The Labute approximate surface area is 165 Å². The molecule has 0 unspecified atom stereocenters. The molecule has 2 rings (SSSR count). The van der Waals surface area contributed by atoms with Crippen molar-refractivity contribution >= 4 is 17.6 Å². The Morgan fingerprint density at radius 3 is 2.44 bits per heavy atom. The second-order valence-corrected chi connectivity index (χ2v) is 6.65. The molecule has 0 amide bonds. The highest BCUT2D eigenvalue weighted by atomic mass is 32.2. The highest BCUT2D eigenvalue weighted by Crippen LogP contribution is 2.35. The lowest BCUT2D eigenvalue weighted by Gasteiger charge is -2.24. The van der Waals surface area contributed by atoms with Crippen molar-refractivity contribution in [3.63, 3.8) is 0 Å². The molecule has 2 aromatic rings. The summed E-state index contributed by atoms with van der Waals surface area (Å²) in [6.45, 7) is 5.87. The molecule has 0 bridgehead atoms. The van der Waals surface area contributed by atoms with E-state index in [0.717, 1.165) is 31.5 Å². The van der Waals surface area contributed by atoms with Crippen molar-refractivity contribution in [2.45, 2.75) is 31.8 Å². The van der Waals surface area contributed by atoms with Crippen LogP contribution in [-0.4, -0.2) is 43.5 Å². The molecule has 0 atom stereocenters. The smallest absolute Gasteiger partial charge is 0.189 e. The fraction of sp³-hybridized carbons (Fsp3) is 0.450. The number of hydrogen-bond donors (Lipinski definition) is 0. The Kier molecular flexibility index (Phi) is 7.74. The third kappa shape index (κ3) is 4.64. The molecule has 0 fully saturated rings. The minimum Gasteiger partial charge on any atom is -0.493 e. The molecule has 0 saturated heterocycles. The van der Waals surface area contributed by atoms with Gasteiger partial charge < -0.3 is 14.4 Å². The molecule has 6 nitrogen and oxygen atoms in total. The Bertz CT molecular complexity index is 820. The van der Waals surface area contributed by atoms with Crippen molar-refractivity contribution < 1.29 is 9.47 Å². The largest absolute Gasteiger partial charge is 0.493 e. The van der Waals surface area contributed by atoms with Crippen LogP contribution in [-0.2, 0) is 0 Å². The second-order valence-electron chi connectivity index (χ2n) is 5.87. The van der Waals surface area contributed by atoms with Gasteiger partial charge in [0.2, 0.25) is 0 Å². The Balaban J connectivity index is 2.66. The van der Waals surface area contributed by atoms with Crippen LogP contribution < -0.4 is 14.4 Å². The average molecular weight is 387 g/mol. The first-order chi connectivity index (χ1) is 13.1. The molecule has 27 heavy (non-hydrogen) atoms. The first kappa shape index (κ1) is 20.8. The minimum absolute atomic E-state index is 0.484. The quantitative estimate of drug-likeness (QED) is 0.468. The molecule has 0 aliphatic carbocycles. The summed E-state index contributed by atoms with van der Waals surface area (Å²) in [5.41, 5.74) is 1.90. The maximum absolute atomic E-state index is 9.90. The van der Waals surface area contributed by atoms with Crippen LogP contribution in [0.25, 0.3) is 11.3 Å². The Morgan fingerprint density at radius 1 is 1.15 bits per heavy atom. The van der Waals surface area contributed by atoms with Crippen molar-refractivity contribution in [2.75, 3.05) is 38.5 Å². The first-order valence-electron chi connectivity index (χ1n) is 8.96. The standard InChI is InChI=1S/C20H26N4O2S/c1-6-8-11-24(7-2)19-15(13-21)18(22-20(23-19)27-5)14-9-10-16(25-3)17(12-14)26-4/h9-10,12H,6-8,11H2,1-5H3. The third-order valence-corrected chi connectivity index (χ3v) is 4.83. The lowest BCUT2D eigenvalue weighted by atomic mass is 10.1. The van der Waals surface area contributed by atoms with Gasteiger partial charge in [0.05, 0.1) is 19.9 Å². The Hall–Kier alpha value is -2.46. The second kappa shape index (κ2) is 10.0. The number of nitriles is 1. The number of benzene rings is 1. The molecule has 0 spiro atoms. The van der Waals surface area contributed by atoms with Gasteiger partial charge in [0.15, 0.2) is 22.5 Å². The minimum atomic E-state index is 0.484. The number of unbranched alkanes of at least 4 members (excludes halogenated alkanes) is 1. The van der Waals surface area contributed by atoms with Gasteiger partial charge in [0.25, 0.3) is 0 Å². The van der Waals surface area contributed by atoms with E-state index < -0.39 is 0 Å². The van der Waals surface area contributed by atoms with E-state index >= 15 is 0 Å². The summed E-state index contributed by atoms with van der Waals surface area (Å²) in [6.07, 6.45) is 4.07. The van der Waals surface area contributed by atoms with E-state index in [1.165, 1.54) is 11.8 Å². The van der Waals surface area contributed by atoms with Gasteiger partial charge in [-0.3, -0.25) is 0 Å². The predicted molar refractivity (Wildman–Crippen MR) is 110 cm³/mol. The molecule has 1 aromatic carbocycles. The normalized spacial score (nSPS) is 10.4. The van der Waals surface area contributed by atoms with E-state index in [0.29, 0.717) is 33.7 Å². The predicted octanol–water partition coefficient (Wildman–Crippen LogP) is 4.38. The highest BCUT2D eigenvalue weighted by Gasteiger charge is 2.20. The van der Waals surface area contributed by atoms with Crippen molar-refractivity contribution in [3.8, 4) is 28.8 Å². The van der Waals surface area contributed by atoms with E-state index in [4.69, 9.17) is 9.47 Å². The van der Waals surface area contributed by atoms with Crippen LogP contribution in [0.1, 0.15) is 32.3 Å². The van der Waals surface area contributed by atoms with Crippen molar-refractivity contribution in [1.82, 2.24) is 9.97 Å². The lowest BCUT2D eigenvalue weighted by Crippen LogP contribution is -2.26.